The van der Waals surface area contributed by atoms with E-state index in [0.717, 1.165) is 16.7 Å². The number of fused-ring (bicyclic) bond motifs is 1. The molecule has 17 heavy (non-hydrogen) atoms. The van der Waals surface area contributed by atoms with Gasteiger partial charge in [-0.2, -0.15) is 0 Å². The Kier molecular flexibility index (Phi) is 2.28. The van der Waals surface area contributed by atoms with Gasteiger partial charge in [-0.3, -0.25) is 4.79 Å². The molecule has 1 aliphatic carbocycles. The van der Waals surface area contributed by atoms with Crippen molar-refractivity contribution in [2.45, 2.75) is 38.5 Å². The number of H-pyrrole nitrogens is 1. The van der Waals surface area contributed by atoms with Crippen LogP contribution in [-0.4, -0.2) is 9.97 Å². The lowest BCUT2D eigenvalue weighted by atomic mass is 10.1. The van der Waals surface area contributed by atoms with Crippen LogP contribution in [0.1, 0.15) is 49.9 Å². The average molecular weight is 228 g/mol. The quantitative estimate of drug-likeness (QED) is 0.859. The number of para-hydroxylation sites is 1. The van der Waals surface area contributed by atoms with E-state index in [4.69, 9.17) is 0 Å². The molecular formula is C14H16N2O. The van der Waals surface area contributed by atoms with Crippen molar-refractivity contribution >= 4 is 10.9 Å². The van der Waals surface area contributed by atoms with Crippen molar-refractivity contribution < 1.29 is 0 Å². The van der Waals surface area contributed by atoms with Gasteiger partial charge in [-0.15, -0.1) is 0 Å². The summed E-state index contributed by atoms with van der Waals surface area (Å²) in [5.74, 6) is 1.66. The second-order valence-electron chi connectivity index (χ2n) is 5.12. The molecule has 88 valence electrons. The van der Waals surface area contributed by atoms with Crippen LogP contribution < -0.4 is 5.56 Å². The number of aromatic nitrogens is 2. The molecule has 2 aromatic rings. The molecule has 1 N–H and O–H groups in total. The first-order chi connectivity index (χ1) is 8.16. The lowest BCUT2D eigenvalue weighted by Crippen LogP contribution is -2.13. The van der Waals surface area contributed by atoms with Crippen LogP contribution in [0.25, 0.3) is 10.9 Å². The Morgan fingerprint density at radius 1 is 1.35 bits per heavy atom. The summed E-state index contributed by atoms with van der Waals surface area (Å²) in [7, 11) is 0. The molecule has 1 heterocycles. The summed E-state index contributed by atoms with van der Waals surface area (Å²) >= 11 is 0. The van der Waals surface area contributed by atoms with Gasteiger partial charge < -0.3 is 4.98 Å². The summed E-state index contributed by atoms with van der Waals surface area (Å²) in [5.41, 5.74) is 2.14. The highest BCUT2D eigenvalue weighted by Gasteiger charge is 2.26. The second kappa shape index (κ2) is 3.69. The smallest absolute Gasteiger partial charge is 0.258 e. The van der Waals surface area contributed by atoms with Gasteiger partial charge in [0.25, 0.3) is 5.56 Å². The van der Waals surface area contributed by atoms with Crippen LogP contribution in [-0.2, 0) is 0 Å². The van der Waals surface area contributed by atoms with Gasteiger partial charge in [0.15, 0.2) is 0 Å². The van der Waals surface area contributed by atoms with Crippen LogP contribution >= 0.6 is 0 Å². The number of aromatic amines is 1. The Balaban J connectivity index is 2.33. The summed E-state index contributed by atoms with van der Waals surface area (Å²) in [6, 6.07) is 5.93. The van der Waals surface area contributed by atoms with Gasteiger partial charge in [-0.05, 0) is 30.4 Å². The van der Waals surface area contributed by atoms with Crippen molar-refractivity contribution in [2.24, 2.45) is 0 Å². The van der Waals surface area contributed by atoms with Gasteiger partial charge >= 0.3 is 0 Å². The predicted octanol–water partition coefficient (Wildman–Crippen LogP) is 2.92. The number of hydrogen-bond acceptors (Lipinski definition) is 2. The molecule has 3 nitrogen and oxygen atoms in total. The third-order valence-electron chi connectivity index (χ3n) is 3.35. The third kappa shape index (κ3) is 1.75. The first-order valence-corrected chi connectivity index (χ1v) is 6.19. The van der Waals surface area contributed by atoms with Gasteiger partial charge in [-0.25, -0.2) is 4.98 Å². The standard InChI is InChI=1S/C14H16N2O/c1-8(2)13-15-12-10(9-6-7-9)4-3-5-11(12)14(17)16-13/h3-5,8-9H,6-7H2,1-2H3,(H,15,16,17). The summed E-state index contributed by atoms with van der Waals surface area (Å²) in [6.45, 7) is 4.09. The van der Waals surface area contributed by atoms with Crippen LogP contribution in [0, 0.1) is 0 Å². The second-order valence-corrected chi connectivity index (χ2v) is 5.12. The summed E-state index contributed by atoms with van der Waals surface area (Å²) < 4.78 is 0. The SMILES string of the molecule is CC(C)c1nc2c(C3CC3)cccc2c(=O)[nH]1. The van der Waals surface area contributed by atoms with E-state index in [2.05, 4.69) is 16.0 Å². The van der Waals surface area contributed by atoms with E-state index in [0.29, 0.717) is 5.92 Å². The van der Waals surface area contributed by atoms with Crippen LogP contribution in [0.2, 0.25) is 0 Å². The van der Waals surface area contributed by atoms with Crippen molar-refractivity contribution in [1.82, 2.24) is 9.97 Å². The highest BCUT2D eigenvalue weighted by molar-refractivity contribution is 5.81. The maximum atomic E-state index is 12.0. The molecule has 0 radical (unpaired) electrons. The zero-order chi connectivity index (χ0) is 12.0. The van der Waals surface area contributed by atoms with E-state index < -0.39 is 0 Å². The molecule has 1 aromatic carbocycles. The Bertz CT molecular complexity index is 624. The molecule has 0 saturated heterocycles. The maximum Gasteiger partial charge on any atom is 0.258 e. The Hall–Kier alpha value is -1.64. The molecule has 0 aliphatic heterocycles. The fraction of sp³-hybridized carbons (Fsp3) is 0.429. The van der Waals surface area contributed by atoms with E-state index in [-0.39, 0.29) is 11.5 Å². The minimum Gasteiger partial charge on any atom is -0.310 e. The van der Waals surface area contributed by atoms with Crippen molar-refractivity contribution in [3.05, 3.63) is 39.9 Å². The zero-order valence-corrected chi connectivity index (χ0v) is 10.2. The fourth-order valence-corrected chi connectivity index (χ4v) is 2.20. The van der Waals surface area contributed by atoms with Crippen molar-refractivity contribution in [2.75, 3.05) is 0 Å². The van der Waals surface area contributed by atoms with Gasteiger partial charge in [0.1, 0.15) is 5.82 Å². The molecule has 1 saturated carbocycles. The molecular weight excluding hydrogens is 212 g/mol. The first-order valence-electron chi connectivity index (χ1n) is 6.19. The number of nitrogens with one attached hydrogen (secondary N) is 1. The van der Waals surface area contributed by atoms with E-state index >= 15 is 0 Å². The van der Waals surface area contributed by atoms with Crippen LogP contribution in [0.5, 0.6) is 0 Å². The van der Waals surface area contributed by atoms with Crippen molar-refractivity contribution in [1.29, 1.82) is 0 Å². The average Bonchev–Trinajstić information content (AvgIpc) is 3.12. The molecule has 0 bridgehead atoms. The number of benzene rings is 1. The molecule has 0 spiro atoms. The lowest BCUT2D eigenvalue weighted by molar-refractivity contribution is 0.775. The summed E-state index contributed by atoms with van der Waals surface area (Å²) in [5, 5.41) is 0.721. The van der Waals surface area contributed by atoms with E-state index in [9.17, 15) is 4.79 Å². The van der Waals surface area contributed by atoms with Crippen molar-refractivity contribution in [3.8, 4) is 0 Å². The first kappa shape index (κ1) is 10.5. The number of hydrogen-bond donors (Lipinski definition) is 1. The van der Waals surface area contributed by atoms with Crippen LogP contribution in [0.4, 0.5) is 0 Å². The molecule has 1 aliphatic rings. The normalized spacial score (nSPS) is 15.7. The molecule has 3 heteroatoms. The third-order valence-corrected chi connectivity index (χ3v) is 3.35. The van der Waals surface area contributed by atoms with E-state index in [1.165, 1.54) is 18.4 Å². The topological polar surface area (TPSA) is 45.8 Å². The predicted molar refractivity (Wildman–Crippen MR) is 68.4 cm³/mol. The van der Waals surface area contributed by atoms with Crippen LogP contribution in [0.3, 0.4) is 0 Å². The van der Waals surface area contributed by atoms with Gasteiger partial charge in [0.05, 0.1) is 10.9 Å². The lowest BCUT2D eigenvalue weighted by Gasteiger charge is -2.08. The highest BCUT2D eigenvalue weighted by atomic mass is 16.1. The minimum atomic E-state index is -0.0128. The molecule has 1 aromatic heterocycles. The van der Waals surface area contributed by atoms with E-state index in [1.54, 1.807) is 0 Å². The zero-order valence-electron chi connectivity index (χ0n) is 10.2. The van der Waals surface area contributed by atoms with Gasteiger partial charge in [-0.1, -0.05) is 26.0 Å². The molecule has 1 fully saturated rings. The Morgan fingerprint density at radius 2 is 2.12 bits per heavy atom. The summed E-state index contributed by atoms with van der Waals surface area (Å²) in [6.07, 6.45) is 2.45. The van der Waals surface area contributed by atoms with Crippen LogP contribution in [0.15, 0.2) is 23.0 Å². The monoisotopic (exact) mass is 228 g/mol. The summed E-state index contributed by atoms with van der Waals surface area (Å²) in [4.78, 5) is 19.5. The Labute approximate surface area is 99.9 Å². The molecule has 3 rings (SSSR count). The largest absolute Gasteiger partial charge is 0.310 e. The molecule has 0 atom stereocenters. The highest BCUT2D eigenvalue weighted by Crippen LogP contribution is 2.42. The maximum absolute atomic E-state index is 12.0. The van der Waals surface area contributed by atoms with E-state index in [1.807, 2.05) is 26.0 Å². The van der Waals surface area contributed by atoms with Gasteiger partial charge in [0.2, 0.25) is 0 Å². The van der Waals surface area contributed by atoms with Crippen molar-refractivity contribution in [3.63, 3.8) is 0 Å². The molecule has 0 unspecified atom stereocenters. The minimum absolute atomic E-state index is 0.0128. The van der Waals surface area contributed by atoms with Gasteiger partial charge in [0, 0.05) is 5.92 Å². The number of rotatable bonds is 2. The molecule has 0 amide bonds. The fourth-order valence-electron chi connectivity index (χ4n) is 2.20. The number of nitrogens with zero attached hydrogens (tertiary/aromatic N) is 1. The Morgan fingerprint density at radius 3 is 2.76 bits per heavy atom.